The molecule has 0 radical (unpaired) electrons. The van der Waals surface area contributed by atoms with Gasteiger partial charge in [0, 0.05) is 0 Å². The fourth-order valence-corrected chi connectivity index (χ4v) is 2.06. The molecule has 25 heavy (non-hydrogen) atoms. The molecular formula is C18H16FN2O4-. The second-order valence-electron chi connectivity index (χ2n) is 5.02. The Labute approximate surface area is 143 Å². The van der Waals surface area contributed by atoms with Crippen LogP contribution >= 0.6 is 0 Å². The summed E-state index contributed by atoms with van der Waals surface area (Å²) < 4.78 is 18.6. The number of benzene rings is 2. The van der Waals surface area contributed by atoms with E-state index in [9.17, 15) is 19.1 Å². The summed E-state index contributed by atoms with van der Waals surface area (Å²) >= 11 is 0. The molecule has 0 aliphatic rings. The van der Waals surface area contributed by atoms with E-state index in [2.05, 4.69) is 10.5 Å². The van der Waals surface area contributed by atoms with E-state index in [4.69, 9.17) is 4.74 Å². The summed E-state index contributed by atoms with van der Waals surface area (Å²) in [5.41, 5.74) is 3.55. The van der Waals surface area contributed by atoms with Crippen LogP contribution in [0, 0.1) is 5.82 Å². The zero-order valence-electron chi connectivity index (χ0n) is 13.5. The van der Waals surface area contributed by atoms with Crippen LogP contribution in [-0.4, -0.2) is 24.2 Å². The monoisotopic (exact) mass is 343 g/mol. The molecule has 0 aliphatic heterocycles. The Morgan fingerprint density at radius 3 is 2.44 bits per heavy atom. The maximum atomic E-state index is 13.6. The number of amides is 1. The third-order valence-corrected chi connectivity index (χ3v) is 3.29. The molecule has 6 nitrogen and oxygen atoms in total. The lowest BCUT2D eigenvalue weighted by molar-refractivity contribution is -0.307. The van der Waals surface area contributed by atoms with Gasteiger partial charge in [-0.2, -0.15) is 5.10 Å². The third-order valence-electron chi connectivity index (χ3n) is 3.29. The van der Waals surface area contributed by atoms with Crippen LogP contribution in [0.25, 0.3) is 0 Å². The van der Waals surface area contributed by atoms with E-state index in [-0.39, 0.29) is 5.56 Å². The first-order valence-electron chi connectivity index (χ1n) is 7.55. The molecule has 7 heteroatoms. The molecule has 0 atom stereocenters. The average molecular weight is 343 g/mol. The van der Waals surface area contributed by atoms with Crippen molar-refractivity contribution in [1.29, 1.82) is 0 Å². The van der Waals surface area contributed by atoms with Crippen LogP contribution in [0.1, 0.15) is 29.3 Å². The van der Waals surface area contributed by atoms with E-state index in [1.54, 1.807) is 30.3 Å². The van der Waals surface area contributed by atoms with Crippen LogP contribution in [0.2, 0.25) is 0 Å². The number of nitrogens with zero attached hydrogens (tertiary/aromatic N) is 1. The second-order valence-corrected chi connectivity index (χ2v) is 5.02. The Balaban J connectivity index is 2.08. The van der Waals surface area contributed by atoms with Crippen LogP contribution in [0.3, 0.4) is 0 Å². The van der Waals surface area contributed by atoms with Gasteiger partial charge in [0.25, 0.3) is 5.91 Å². The normalized spacial score (nSPS) is 11.0. The Hall–Kier alpha value is -3.22. The van der Waals surface area contributed by atoms with Crippen molar-refractivity contribution in [3.05, 3.63) is 65.5 Å². The van der Waals surface area contributed by atoms with Crippen molar-refractivity contribution in [3.63, 3.8) is 0 Å². The molecule has 0 spiro atoms. The summed E-state index contributed by atoms with van der Waals surface area (Å²) in [7, 11) is 0. The highest BCUT2D eigenvalue weighted by Gasteiger charge is 2.10. The summed E-state index contributed by atoms with van der Waals surface area (Å²) in [5.74, 6) is -2.20. The highest BCUT2D eigenvalue weighted by atomic mass is 19.1. The molecule has 0 saturated carbocycles. The van der Waals surface area contributed by atoms with Gasteiger partial charge in [-0.3, -0.25) is 4.79 Å². The van der Waals surface area contributed by atoms with Gasteiger partial charge in [-0.25, -0.2) is 9.82 Å². The second kappa shape index (κ2) is 8.58. The number of halogens is 1. The van der Waals surface area contributed by atoms with Crippen molar-refractivity contribution in [2.75, 3.05) is 6.61 Å². The number of carbonyl (C=O) groups excluding carboxylic acids is 2. The summed E-state index contributed by atoms with van der Waals surface area (Å²) in [6.07, 6.45) is 0.525. The van der Waals surface area contributed by atoms with Crippen LogP contribution in [-0.2, 0) is 4.79 Å². The predicted molar refractivity (Wildman–Crippen MR) is 87.6 cm³/mol. The topological polar surface area (TPSA) is 90.8 Å². The molecule has 0 aliphatic carbocycles. The highest BCUT2D eigenvalue weighted by molar-refractivity contribution is 6.02. The van der Waals surface area contributed by atoms with Crippen molar-refractivity contribution >= 4 is 17.6 Å². The van der Waals surface area contributed by atoms with E-state index in [1.807, 2.05) is 6.92 Å². The highest BCUT2D eigenvalue weighted by Crippen LogP contribution is 2.14. The molecule has 0 unspecified atom stereocenters. The summed E-state index contributed by atoms with van der Waals surface area (Å²) in [5, 5.41) is 14.4. The van der Waals surface area contributed by atoms with Crippen molar-refractivity contribution in [1.82, 2.24) is 5.43 Å². The molecule has 1 N–H and O–H groups in total. The SMILES string of the molecule is CC/C(=N/NC(=O)c1ccccc1F)c1ccc(OCC(=O)[O-])cc1. The number of hydrazone groups is 1. The van der Waals surface area contributed by atoms with Gasteiger partial charge in [-0.1, -0.05) is 19.1 Å². The van der Waals surface area contributed by atoms with Gasteiger partial charge in [0.15, 0.2) is 0 Å². The zero-order valence-corrected chi connectivity index (χ0v) is 13.5. The van der Waals surface area contributed by atoms with E-state index in [1.165, 1.54) is 18.2 Å². The minimum atomic E-state index is -1.31. The molecule has 0 saturated heterocycles. The third kappa shape index (κ3) is 5.13. The summed E-state index contributed by atoms with van der Waals surface area (Å²) in [6, 6.07) is 12.2. The van der Waals surface area contributed by atoms with Crippen molar-refractivity contribution in [2.45, 2.75) is 13.3 Å². The van der Waals surface area contributed by atoms with Crippen molar-refractivity contribution in [2.24, 2.45) is 5.10 Å². The number of aliphatic carboxylic acids is 1. The number of carboxylic acid groups (broad SMARTS) is 1. The van der Waals surface area contributed by atoms with E-state index < -0.39 is 24.3 Å². The van der Waals surface area contributed by atoms with Crippen LogP contribution in [0.5, 0.6) is 5.75 Å². The first kappa shape index (κ1) is 18.1. The molecular weight excluding hydrogens is 327 g/mol. The Bertz CT molecular complexity index is 788. The van der Waals surface area contributed by atoms with Crippen LogP contribution in [0.15, 0.2) is 53.6 Å². The van der Waals surface area contributed by atoms with E-state index in [0.29, 0.717) is 17.9 Å². The van der Waals surface area contributed by atoms with Gasteiger partial charge in [-0.05, 0) is 48.4 Å². The van der Waals surface area contributed by atoms with Gasteiger partial charge in [0.2, 0.25) is 0 Å². The predicted octanol–water partition coefficient (Wildman–Crippen LogP) is 1.50. The number of ether oxygens (including phenoxy) is 1. The standard InChI is InChI=1S/C18H17FN2O4/c1-2-16(12-7-9-13(10-8-12)25-11-17(22)23)20-21-18(24)14-5-3-4-6-15(14)19/h3-10H,2,11H2,1H3,(H,21,24)(H,22,23)/p-1/b20-16-. The van der Waals surface area contributed by atoms with E-state index in [0.717, 1.165) is 5.56 Å². The first-order valence-corrected chi connectivity index (χ1v) is 7.55. The van der Waals surface area contributed by atoms with Gasteiger partial charge < -0.3 is 14.6 Å². The fraction of sp³-hybridized carbons (Fsp3) is 0.167. The van der Waals surface area contributed by atoms with Crippen LogP contribution in [0.4, 0.5) is 4.39 Å². The summed E-state index contributed by atoms with van der Waals surface area (Å²) in [4.78, 5) is 22.3. The van der Waals surface area contributed by atoms with Gasteiger partial charge >= 0.3 is 0 Å². The van der Waals surface area contributed by atoms with Gasteiger partial charge in [-0.15, -0.1) is 0 Å². The molecule has 0 fully saturated rings. The largest absolute Gasteiger partial charge is 0.546 e. The lowest BCUT2D eigenvalue weighted by Crippen LogP contribution is -2.28. The molecule has 2 aromatic rings. The first-order chi connectivity index (χ1) is 12.0. The number of nitrogens with one attached hydrogen (secondary N) is 1. The quantitative estimate of drug-likeness (QED) is 0.609. The number of carbonyl (C=O) groups is 2. The minimum Gasteiger partial charge on any atom is -0.546 e. The number of carboxylic acids is 1. The molecule has 0 heterocycles. The smallest absolute Gasteiger partial charge is 0.274 e. The lowest BCUT2D eigenvalue weighted by atomic mass is 10.1. The van der Waals surface area contributed by atoms with Crippen LogP contribution < -0.4 is 15.3 Å². The number of hydrogen-bond acceptors (Lipinski definition) is 5. The lowest BCUT2D eigenvalue weighted by Gasteiger charge is -2.09. The van der Waals surface area contributed by atoms with Crippen molar-refractivity contribution in [3.8, 4) is 5.75 Å². The van der Waals surface area contributed by atoms with E-state index >= 15 is 0 Å². The number of rotatable bonds is 7. The Morgan fingerprint density at radius 1 is 1.16 bits per heavy atom. The average Bonchev–Trinajstić information content (AvgIpc) is 2.61. The zero-order chi connectivity index (χ0) is 18.2. The molecule has 1 amide bonds. The molecule has 0 aromatic heterocycles. The maximum absolute atomic E-state index is 13.6. The maximum Gasteiger partial charge on any atom is 0.274 e. The molecule has 130 valence electrons. The van der Waals surface area contributed by atoms with Gasteiger partial charge in [0.1, 0.15) is 18.2 Å². The Morgan fingerprint density at radius 2 is 1.84 bits per heavy atom. The fourth-order valence-electron chi connectivity index (χ4n) is 2.06. The summed E-state index contributed by atoms with van der Waals surface area (Å²) in [6.45, 7) is 1.32. The molecule has 0 bridgehead atoms. The minimum absolute atomic E-state index is 0.0901. The molecule has 2 rings (SSSR count). The van der Waals surface area contributed by atoms with Gasteiger partial charge in [0.05, 0.1) is 17.2 Å². The Kier molecular flexibility index (Phi) is 6.22. The number of hydrogen-bond donors (Lipinski definition) is 1. The molecule has 2 aromatic carbocycles. The van der Waals surface area contributed by atoms with Crippen molar-refractivity contribution < 1.29 is 23.8 Å².